The molecule has 1 unspecified atom stereocenters. The molecule has 1 aliphatic rings. The highest BCUT2D eigenvalue weighted by Gasteiger charge is 2.31. The molecule has 0 saturated heterocycles. The molecule has 298 valence electrons. The molecule has 4 aromatic heterocycles. The molecule has 0 amide bonds. The van der Waals surface area contributed by atoms with E-state index in [4.69, 9.17) is 9.92 Å². The highest BCUT2D eigenvalue weighted by atomic mass is 16.8. The summed E-state index contributed by atoms with van der Waals surface area (Å²) >= 11 is 0. The zero-order chi connectivity index (χ0) is 41.4. The van der Waals surface area contributed by atoms with Gasteiger partial charge in [-0.25, -0.2) is 0 Å². The average Bonchev–Trinajstić information content (AvgIpc) is 3.88. The summed E-state index contributed by atoms with van der Waals surface area (Å²) in [6, 6.07) is 65.5. The molecule has 11 rings (SSSR count). The number of nitrogens with one attached hydrogen (secondary N) is 1. The highest BCUT2D eigenvalue weighted by molar-refractivity contribution is 6.07. The summed E-state index contributed by atoms with van der Waals surface area (Å²) in [6.45, 7) is 2.66. The van der Waals surface area contributed by atoms with Crippen molar-refractivity contribution in [2.45, 2.75) is 13.1 Å². The fraction of sp³-hybridized carbons (Fsp3) is 0.0556. The molecule has 8 nitrogen and oxygen atoms in total. The predicted octanol–water partition coefficient (Wildman–Crippen LogP) is 10.8. The van der Waals surface area contributed by atoms with E-state index >= 15 is 0 Å². The van der Waals surface area contributed by atoms with Gasteiger partial charge in [0, 0.05) is 39.7 Å². The highest BCUT2D eigenvalue weighted by Crippen LogP contribution is 2.49. The summed E-state index contributed by atoms with van der Waals surface area (Å²) in [5.41, 5.74) is 13.8. The molecule has 8 heteroatoms. The lowest BCUT2D eigenvalue weighted by atomic mass is 9.95. The van der Waals surface area contributed by atoms with Gasteiger partial charge in [0.1, 0.15) is 18.6 Å². The van der Waals surface area contributed by atoms with Gasteiger partial charge in [0.05, 0.1) is 29.4 Å². The van der Waals surface area contributed by atoms with Gasteiger partial charge in [-0.05, 0) is 80.3 Å². The summed E-state index contributed by atoms with van der Waals surface area (Å²) in [7, 11) is 0. The van der Waals surface area contributed by atoms with E-state index in [-0.39, 0.29) is 6.17 Å². The maximum Gasteiger partial charge on any atom is 0.202 e. The molecule has 62 heavy (non-hydrogen) atoms. The van der Waals surface area contributed by atoms with Crippen molar-refractivity contribution >= 4 is 50.2 Å². The molecule has 0 aliphatic carbocycles. The zero-order valence-electron chi connectivity index (χ0n) is 34.0. The summed E-state index contributed by atoms with van der Waals surface area (Å²) < 4.78 is 5.49. The molecular formula is C54H41N7O. The van der Waals surface area contributed by atoms with Gasteiger partial charge in [0.25, 0.3) is 0 Å². The maximum absolute atomic E-state index is 6.54. The number of anilines is 5. The van der Waals surface area contributed by atoms with Crippen molar-refractivity contribution in [2.75, 3.05) is 21.8 Å². The number of hydrogen-bond donors (Lipinski definition) is 1. The van der Waals surface area contributed by atoms with Crippen LogP contribution in [0.5, 0.6) is 0 Å². The quantitative estimate of drug-likeness (QED) is 0.110. The van der Waals surface area contributed by atoms with Crippen LogP contribution in [-0.4, -0.2) is 16.2 Å². The Morgan fingerprint density at radius 1 is 0.581 bits per heavy atom. The molecule has 1 N–H and O–H groups in total. The Bertz CT molecular complexity index is 3130. The first-order valence-electron chi connectivity index (χ1n) is 20.8. The smallest absolute Gasteiger partial charge is 0.202 e. The summed E-state index contributed by atoms with van der Waals surface area (Å²) in [6.07, 6.45) is 12.4. The third-order valence-corrected chi connectivity index (χ3v) is 11.5. The number of pyridine rings is 3. The van der Waals surface area contributed by atoms with Gasteiger partial charge in [-0.3, -0.25) is 4.98 Å². The summed E-state index contributed by atoms with van der Waals surface area (Å²) in [5, 5.41) is 5.94. The molecule has 5 heterocycles. The number of benzene rings is 6. The first-order chi connectivity index (χ1) is 30.7. The molecule has 6 aromatic carbocycles. The monoisotopic (exact) mass is 803 g/mol. The first kappa shape index (κ1) is 36.8. The second kappa shape index (κ2) is 15.7. The number of rotatable bonds is 10. The molecule has 0 bridgehead atoms. The first-order valence-corrected chi connectivity index (χ1v) is 20.8. The summed E-state index contributed by atoms with van der Waals surface area (Å²) in [5.74, 6) is 0. The molecule has 0 spiro atoms. The van der Waals surface area contributed by atoms with Crippen molar-refractivity contribution in [1.29, 1.82) is 0 Å². The third-order valence-electron chi connectivity index (χ3n) is 11.5. The van der Waals surface area contributed by atoms with Gasteiger partial charge in [-0.1, -0.05) is 144 Å². The minimum Gasteiger partial charge on any atom is -0.360 e. The Balaban J connectivity index is 0.972. The number of aryl methyl sites for hydroxylation is 1. The SMILES string of the molecule is Cc1ccc(NC(c2ccccn2)n2c3[c-][n+](O[n+]4[c-]c(N5CN(c6c(-c7ccccc7)cccc6-c6ccccc6)c6ccccc65)ccc4)ccc3c3ccccc32)cc1. The topological polar surface area (TPSA) is 53.3 Å². The normalized spacial score (nSPS) is 12.7. The van der Waals surface area contributed by atoms with Gasteiger partial charge in [-0.15, -0.1) is 12.1 Å². The van der Waals surface area contributed by atoms with Gasteiger partial charge in [-0.2, -0.15) is 0 Å². The molecule has 10 aromatic rings. The van der Waals surface area contributed by atoms with Crippen molar-refractivity contribution in [3.63, 3.8) is 0 Å². The lowest BCUT2D eigenvalue weighted by Gasteiger charge is -2.27. The number of hydrogen-bond acceptors (Lipinski definition) is 5. The lowest BCUT2D eigenvalue weighted by molar-refractivity contribution is -1.16. The maximum atomic E-state index is 6.54. The predicted molar refractivity (Wildman–Crippen MR) is 246 cm³/mol. The van der Waals surface area contributed by atoms with Crippen molar-refractivity contribution in [2.24, 2.45) is 0 Å². The van der Waals surface area contributed by atoms with Crippen molar-refractivity contribution < 1.29 is 14.4 Å². The number of para-hydroxylation sites is 4. The summed E-state index contributed by atoms with van der Waals surface area (Å²) in [4.78, 5) is 16.1. The molecule has 1 aliphatic heterocycles. The van der Waals surface area contributed by atoms with Crippen LogP contribution in [0.25, 0.3) is 44.1 Å². The van der Waals surface area contributed by atoms with Crippen LogP contribution in [0.2, 0.25) is 0 Å². The number of nitrogens with zero attached hydrogens (tertiary/aromatic N) is 6. The van der Waals surface area contributed by atoms with E-state index < -0.39 is 0 Å². The minimum absolute atomic E-state index is 0.344. The van der Waals surface area contributed by atoms with Crippen molar-refractivity contribution in [3.8, 4) is 22.3 Å². The third kappa shape index (κ3) is 6.73. The van der Waals surface area contributed by atoms with E-state index in [0.29, 0.717) is 6.67 Å². The number of aromatic nitrogens is 4. The molecule has 0 radical (unpaired) electrons. The van der Waals surface area contributed by atoms with Crippen molar-refractivity contribution in [1.82, 2.24) is 9.55 Å². The number of fused-ring (bicyclic) bond motifs is 4. The van der Waals surface area contributed by atoms with Crippen LogP contribution in [0.1, 0.15) is 17.4 Å². The second-order valence-electron chi connectivity index (χ2n) is 15.4. The fourth-order valence-corrected chi connectivity index (χ4v) is 8.63. The van der Waals surface area contributed by atoms with E-state index in [2.05, 4.69) is 209 Å². The van der Waals surface area contributed by atoms with Crippen LogP contribution in [-0.2, 0) is 0 Å². The van der Waals surface area contributed by atoms with Crippen LogP contribution in [0.3, 0.4) is 0 Å². The second-order valence-corrected chi connectivity index (χ2v) is 15.4. The van der Waals surface area contributed by atoms with Gasteiger partial charge in [0.15, 0.2) is 0 Å². The molecular weight excluding hydrogens is 763 g/mol. The van der Waals surface area contributed by atoms with Crippen LogP contribution in [0.15, 0.2) is 207 Å². The Kier molecular flexibility index (Phi) is 9.35. The van der Waals surface area contributed by atoms with E-state index in [9.17, 15) is 0 Å². The Morgan fingerprint density at radius 2 is 1.24 bits per heavy atom. The van der Waals surface area contributed by atoms with Crippen LogP contribution < -0.4 is 29.5 Å². The van der Waals surface area contributed by atoms with Gasteiger partial charge >= 0.3 is 0 Å². The average molecular weight is 804 g/mol. The molecule has 0 saturated carbocycles. The standard InChI is InChI=1S/C54H41N7O/c1-39-28-30-42(31-29-39)56-54(48-24-12-13-33-55-48)61-49-25-9-8-21-46(49)47-32-35-58(37-52(47)61)62-57-34-15-20-43(36-57)59-38-60(51-27-11-10-26-50(51)59)53-44(40-16-4-2-5-17-40)22-14-23-45(53)41-18-6-3-7-19-41/h2-35,54,56H,38H2,1H3. The molecule has 1 atom stereocenters. The lowest BCUT2D eigenvalue weighted by Crippen LogP contribution is -2.60. The van der Waals surface area contributed by atoms with E-state index in [0.717, 1.165) is 78.2 Å². The largest absolute Gasteiger partial charge is 0.360 e. The van der Waals surface area contributed by atoms with Crippen LogP contribution in [0.4, 0.5) is 28.4 Å². The van der Waals surface area contributed by atoms with Crippen molar-refractivity contribution in [3.05, 3.63) is 230 Å². The van der Waals surface area contributed by atoms with E-state index in [1.54, 1.807) is 9.46 Å². The zero-order valence-corrected chi connectivity index (χ0v) is 34.0. The minimum atomic E-state index is -0.344. The van der Waals surface area contributed by atoms with E-state index in [1.807, 2.05) is 36.8 Å². The Labute approximate surface area is 360 Å². The fourth-order valence-electron chi connectivity index (χ4n) is 8.63. The molecule has 0 fully saturated rings. The van der Waals surface area contributed by atoms with Gasteiger partial charge in [0.2, 0.25) is 12.4 Å². The Morgan fingerprint density at radius 3 is 1.97 bits per heavy atom. The van der Waals surface area contributed by atoms with Crippen LogP contribution >= 0.6 is 0 Å². The van der Waals surface area contributed by atoms with E-state index in [1.165, 1.54) is 5.56 Å². The van der Waals surface area contributed by atoms with Gasteiger partial charge < -0.3 is 19.7 Å². The van der Waals surface area contributed by atoms with Crippen LogP contribution in [0, 0.1) is 19.3 Å². The Hall–Kier alpha value is -8.23.